The summed E-state index contributed by atoms with van der Waals surface area (Å²) in [6.45, 7) is 3.40. The molecule has 1 amide bonds. The molecule has 1 aromatic heterocycles. The van der Waals surface area contributed by atoms with E-state index in [0.29, 0.717) is 12.2 Å². The number of likely N-dealkylation sites (N-methyl/N-ethyl adjacent to an activating group) is 1. The van der Waals surface area contributed by atoms with Gasteiger partial charge in [-0.15, -0.1) is 10.2 Å². The molecule has 6 heteroatoms. The lowest BCUT2D eigenvalue weighted by molar-refractivity contribution is 0.0947. The molecule has 122 valence electrons. The maximum atomic E-state index is 12.4. The third-order valence-electron chi connectivity index (χ3n) is 4.13. The highest BCUT2D eigenvalue weighted by Crippen LogP contribution is 2.28. The van der Waals surface area contributed by atoms with Gasteiger partial charge in [0.25, 0.3) is 5.91 Å². The lowest BCUT2D eigenvalue weighted by Crippen LogP contribution is -2.32. The van der Waals surface area contributed by atoms with Crippen LogP contribution in [0.15, 0.2) is 24.3 Å². The average Bonchev–Trinajstić information content (AvgIpc) is 3.07. The van der Waals surface area contributed by atoms with E-state index in [1.165, 1.54) is 12.8 Å². The first-order chi connectivity index (χ1) is 11.2. The van der Waals surface area contributed by atoms with Gasteiger partial charge in [0.15, 0.2) is 11.5 Å². The lowest BCUT2D eigenvalue weighted by Gasteiger charge is -2.18. The van der Waals surface area contributed by atoms with E-state index in [1.807, 2.05) is 43.3 Å². The molecule has 1 aliphatic heterocycles. The summed E-state index contributed by atoms with van der Waals surface area (Å²) >= 11 is 0. The third kappa shape index (κ3) is 3.42. The number of rotatable bonds is 5. The Kier molecular flexibility index (Phi) is 4.71. The Morgan fingerprint density at radius 1 is 1.17 bits per heavy atom. The monoisotopic (exact) mass is 313 g/mol. The van der Waals surface area contributed by atoms with Gasteiger partial charge >= 0.3 is 0 Å². The van der Waals surface area contributed by atoms with E-state index in [9.17, 15) is 4.79 Å². The van der Waals surface area contributed by atoms with Crippen LogP contribution in [0.25, 0.3) is 10.8 Å². The number of anilines is 1. The molecular formula is C17H23N5O. The minimum absolute atomic E-state index is 0.163. The molecule has 1 saturated heterocycles. The van der Waals surface area contributed by atoms with Crippen LogP contribution in [-0.2, 0) is 0 Å². The quantitative estimate of drug-likeness (QED) is 0.907. The SMILES string of the molecule is CN(C)CCNC(=O)c1nnc(N2CCCC2)c2ccccc12. The van der Waals surface area contributed by atoms with Crippen molar-refractivity contribution in [3.63, 3.8) is 0 Å². The Bertz CT molecular complexity index is 694. The predicted octanol–water partition coefficient (Wildman–Crippen LogP) is 1.52. The van der Waals surface area contributed by atoms with Crippen molar-refractivity contribution < 1.29 is 4.79 Å². The van der Waals surface area contributed by atoms with Crippen LogP contribution in [0.2, 0.25) is 0 Å². The topological polar surface area (TPSA) is 61.4 Å². The number of amides is 1. The van der Waals surface area contributed by atoms with Gasteiger partial charge in [-0.1, -0.05) is 24.3 Å². The van der Waals surface area contributed by atoms with E-state index in [0.717, 1.165) is 36.2 Å². The molecule has 2 aromatic rings. The molecule has 1 aromatic carbocycles. The van der Waals surface area contributed by atoms with Crippen molar-refractivity contribution in [1.29, 1.82) is 0 Å². The average molecular weight is 313 g/mol. The summed E-state index contributed by atoms with van der Waals surface area (Å²) in [5, 5.41) is 13.4. The maximum Gasteiger partial charge on any atom is 0.272 e. The highest BCUT2D eigenvalue weighted by Gasteiger charge is 2.20. The number of fused-ring (bicyclic) bond motifs is 1. The molecule has 0 bridgehead atoms. The largest absolute Gasteiger partial charge is 0.355 e. The summed E-state index contributed by atoms with van der Waals surface area (Å²) in [7, 11) is 3.96. The molecule has 0 unspecified atom stereocenters. The highest BCUT2D eigenvalue weighted by molar-refractivity contribution is 6.07. The Hall–Kier alpha value is -2.21. The zero-order valence-corrected chi connectivity index (χ0v) is 13.7. The summed E-state index contributed by atoms with van der Waals surface area (Å²) in [4.78, 5) is 16.7. The Labute approximate surface area is 136 Å². The van der Waals surface area contributed by atoms with E-state index in [4.69, 9.17) is 0 Å². The molecular weight excluding hydrogens is 290 g/mol. The van der Waals surface area contributed by atoms with E-state index in [-0.39, 0.29) is 5.91 Å². The predicted molar refractivity (Wildman–Crippen MR) is 91.9 cm³/mol. The number of hydrogen-bond donors (Lipinski definition) is 1. The second kappa shape index (κ2) is 6.91. The van der Waals surface area contributed by atoms with E-state index >= 15 is 0 Å². The molecule has 6 nitrogen and oxygen atoms in total. The molecule has 1 aliphatic rings. The molecule has 0 radical (unpaired) electrons. The van der Waals surface area contributed by atoms with Crippen LogP contribution < -0.4 is 10.2 Å². The fraction of sp³-hybridized carbons (Fsp3) is 0.471. The number of carbonyl (C=O) groups excluding carboxylic acids is 1. The molecule has 0 spiro atoms. The van der Waals surface area contributed by atoms with Crippen LogP contribution >= 0.6 is 0 Å². The summed E-state index contributed by atoms with van der Waals surface area (Å²) < 4.78 is 0. The molecule has 2 heterocycles. The summed E-state index contributed by atoms with van der Waals surface area (Å²) in [5.41, 5.74) is 0.405. The van der Waals surface area contributed by atoms with E-state index < -0.39 is 0 Å². The summed E-state index contributed by atoms with van der Waals surface area (Å²) in [5.74, 6) is 0.728. The molecule has 0 saturated carbocycles. The highest BCUT2D eigenvalue weighted by atomic mass is 16.1. The van der Waals surface area contributed by atoms with Crippen LogP contribution in [0.3, 0.4) is 0 Å². The molecule has 0 atom stereocenters. The van der Waals surface area contributed by atoms with Gasteiger partial charge in [0, 0.05) is 37.0 Å². The fourth-order valence-corrected chi connectivity index (χ4v) is 2.90. The van der Waals surface area contributed by atoms with Crippen molar-refractivity contribution in [3.05, 3.63) is 30.0 Å². The zero-order valence-electron chi connectivity index (χ0n) is 13.7. The van der Waals surface area contributed by atoms with Gasteiger partial charge in [-0.2, -0.15) is 0 Å². The van der Waals surface area contributed by atoms with Crippen LogP contribution in [0, 0.1) is 0 Å². The van der Waals surface area contributed by atoms with Crippen molar-refractivity contribution in [2.75, 3.05) is 45.2 Å². The van der Waals surface area contributed by atoms with Crippen LogP contribution in [0.4, 0.5) is 5.82 Å². The molecule has 1 N–H and O–H groups in total. The number of nitrogens with zero attached hydrogens (tertiary/aromatic N) is 4. The normalized spacial score (nSPS) is 14.7. The number of nitrogens with one attached hydrogen (secondary N) is 1. The second-order valence-corrected chi connectivity index (χ2v) is 6.17. The van der Waals surface area contributed by atoms with Crippen LogP contribution in [0.5, 0.6) is 0 Å². The van der Waals surface area contributed by atoms with Crippen molar-refractivity contribution in [2.24, 2.45) is 0 Å². The zero-order chi connectivity index (χ0) is 16.2. The van der Waals surface area contributed by atoms with Crippen molar-refractivity contribution in [1.82, 2.24) is 20.4 Å². The van der Waals surface area contributed by atoms with Gasteiger partial charge in [0.2, 0.25) is 0 Å². The van der Waals surface area contributed by atoms with E-state index in [1.54, 1.807) is 0 Å². The Morgan fingerprint density at radius 2 is 1.87 bits per heavy atom. The minimum atomic E-state index is -0.163. The van der Waals surface area contributed by atoms with Crippen molar-refractivity contribution >= 4 is 22.5 Å². The van der Waals surface area contributed by atoms with E-state index in [2.05, 4.69) is 20.4 Å². The summed E-state index contributed by atoms with van der Waals surface area (Å²) in [6.07, 6.45) is 2.37. The standard InChI is InChI=1S/C17H23N5O/c1-21(2)12-9-18-17(23)15-13-7-3-4-8-14(13)16(20-19-15)22-10-5-6-11-22/h3-4,7-8H,5-6,9-12H2,1-2H3,(H,18,23). The number of carbonyl (C=O) groups is 1. The second-order valence-electron chi connectivity index (χ2n) is 6.17. The van der Waals surface area contributed by atoms with Crippen molar-refractivity contribution in [3.8, 4) is 0 Å². The number of aromatic nitrogens is 2. The van der Waals surface area contributed by atoms with Gasteiger partial charge in [-0.05, 0) is 26.9 Å². The first-order valence-corrected chi connectivity index (χ1v) is 8.10. The minimum Gasteiger partial charge on any atom is -0.355 e. The molecule has 1 fully saturated rings. The number of benzene rings is 1. The first kappa shape index (κ1) is 15.7. The van der Waals surface area contributed by atoms with Crippen molar-refractivity contribution in [2.45, 2.75) is 12.8 Å². The fourth-order valence-electron chi connectivity index (χ4n) is 2.90. The van der Waals surface area contributed by atoms with Gasteiger partial charge in [0.1, 0.15) is 0 Å². The first-order valence-electron chi connectivity index (χ1n) is 8.10. The molecule has 0 aliphatic carbocycles. The Balaban J connectivity index is 1.90. The van der Waals surface area contributed by atoms with Crippen LogP contribution in [-0.4, -0.2) is 61.3 Å². The van der Waals surface area contributed by atoms with Gasteiger partial charge in [-0.25, -0.2) is 0 Å². The van der Waals surface area contributed by atoms with Gasteiger partial charge in [0.05, 0.1) is 0 Å². The third-order valence-corrected chi connectivity index (χ3v) is 4.13. The molecule has 23 heavy (non-hydrogen) atoms. The van der Waals surface area contributed by atoms with Crippen LogP contribution in [0.1, 0.15) is 23.3 Å². The molecule has 3 rings (SSSR count). The summed E-state index contributed by atoms with van der Waals surface area (Å²) in [6, 6.07) is 7.89. The van der Waals surface area contributed by atoms with Gasteiger partial charge in [-0.3, -0.25) is 4.79 Å². The lowest BCUT2D eigenvalue weighted by atomic mass is 10.1. The number of hydrogen-bond acceptors (Lipinski definition) is 5. The maximum absolute atomic E-state index is 12.4. The van der Waals surface area contributed by atoms with Gasteiger partial charge < -0.3 is 15.1 Å². The Morgan fingerprint density at radius 3 is 2.57 bits per heavy atom. The smallest absolute Gasteiger partial charge is 0.272 e.